The van der Waals surface area contributed by atoms with E-state index in [0.29, 0.717) is 24.4 Å². The zero-order chi connectivity index (χ0) is 25.7. The molecule has 4 rings (SSSR count). The molecule has 0 unspecified atom stereocenters. The second kappa shape index (κ2) is 11.5. The van der Waals surface area contributed by atoms with Gasteiger partial charge in [-0.05, 0) is 48.9 Å². The van der Waals surface area contributed by atoms with Crippen molar-refractivity contribution in [2.24, 2.45) is 4.99 Å². The van der Waals surface area contributed by atoms with Gasteiger partial charge < -0.3 is 19.7 Å². The van der Waals surface area contributed by atoms with Crippen molar-refractivity contribution in [2.75, 3.05) is 20.3 Å². The molecule has 0 bridgehead atoms. The van der Waals surface area contributed by atoms with Crippen LogP contribution in [0.4, 0.5) is 0 Å². The number of aryl methyl sites for hydroxylation is 2. The number of amides is 1. The summed E-state index contributed by atoms with van der Waals surface area (Å²) in [5, 5.41) is 5.64. The Kier molecular flexibility index (Phi) is 8.22. The highest BCUT2D eigenvalue weighted by Crippen LogP contribution is 2.45. The number of carbonyl (C=O) groups excluding carboxylic acids is 2. The first-order chi connectivity index (χ1) is 17.4. The van der Waals surface area contributed by atoms with Crippen molar-refractivity contribution < 1.29 is 19.1 Å². The molecule has 0 fully saturated rings. The lowest BCUT2D eigenvalue weighted by Gasteiger charge is -2.37. The number of pyridine rings is 1. The number of hydrogen-bond acceptors (Lipinski definition) is 8. The van der Waals surface area contributed by atoms with E-state index in [4.69, 9.17) is 14.5 Å². The van der Waals surface area contributed by atoms with Gasteiger partial charge in [-0.25, -0.2) is 9.79 Å². The molecule has 1 amide bonds. The monoisotopic (exact) mass is 506 g/mol. The SMILES string of the molecule is COCCOC(=O)C1=C(C)N=C2SC=C(CC(=O)NCc3cccnc3)N2[C@@H]1c1cc(C)ccc1C. The molecule has 0 aliphatic carbocycles. The molecular weight excluding hydrogens is 476 g/mol. The molecule has 36 heavy (non-hydrogen) atoms. The molecule has 1 atom stereocenters. The Hall–Kier alpha value is -3.43. The second-order valence-electron chi connectivity index (χ2n) is 8.70. The summed E-state index contributed by atoms with van der Waals surface area (Å²) in [5.41, 5.74) is 5.88. The zero-order valence-corrected chi connectivity index (χ0v) is 21.7. The number of benzene rings is 1. The molecule has 1 N–H and O–H groups in total. The number of amidine groups is 1. The van der Waals surface area contributed by atoms with Crippen molar-refractivity contribution in [3.63, 3.8) is 0 Å². The van der Waals surface area contributed by atoms with E-state index in [2.05, 4.69) is 16.4 Å². The topological polar surface area (TPSA) is 93.1 Å². The number of aromatic nitrogens is 1. The van der Waals surface area contributed by atoms with Gasteiger partial charge in [0.1, 0.15) is 6.61 Å². The zero-order valence-electron chi connectivity index (χ0n) is 20.9. The number of esters is 1. The van der Waals surface area contributed by atoms with E-state index in [-0.39, 0.29) is 18.9 Å². The number of nitrogens with one attached hydrogen (secondary N) is 1. The number of thioether (sulfide) groups is 1. The van der Waals surface area contributed by atoms with Crippen LogP contribution in [0.3, 0.4) is 0 Å². The molecule has 0 saturated heterocycles. The smallest absolute Gasteiger partial charge is 0.338 e. The maximum absolute atomic E-state index is 13.3. The van der Waals surface area contributed by atoms with Gasteiger partial charge in [0.25, 0.3) is 0 Å². The Morgan fingerprint density at radius 2 is 2.00 bits per heavy atom. The Labute approximate surface area is 215 Å². The lowest BCUT2D eigenvalue weighted by molar-refractivity contribution is -0.141. The van der Waals surface area contributed by atoms with Crippen LogP contribution in [0.1, 0.15) is 41.6 Å². The van der Waals surface area contributed by atoms with E-state index >= 15 is 0 Å². The van der Waals surface area contributed by atoms with Gasteiger partial charge in [0.15, 0.2) is 5.17 Å². The average Bonchev–Trinajstić information content (AvgIpc) is 3.26. The Morgan fingerprint density at radius 3 is 2.75 bits per heavy atom. The first kappa shape index (κ1) is 25.7. The lowest BCUT2D eigenvalue weighted by Crippen LogP contribution is -2.38. The predicted octanol–water partition coefficient (Wildman–Crippen LogP) is 4.17. The van der Waals surface area contributed by atoms with Crippen molar-refractivity contribution in [1.82, 2.24) is 15.2 Å². The van der Waals surface area contributed by atoms with E-state index in [1.807, 2.05) is 55.3 Å². The molecule has 1 aromatic carbocycles. The van der Waals surface area contributed by atoms with Crippen LogP contribution < -0.4 is 5.32 Å². The number of carbonyl (C=O) groups is 2. The molecule has 2 aliphatic heterocycles. The number of allylic oxidation sites excluding steroid dienone is 1. The van der Waals surface area contributed by atoms with E-state index < -0.39 is 12.0 Å². The summed E-state index contributed by atoms with van der Waals surface area (Å²) in [7, 11) is 1.56. The maximum atomic E-state index is 13.3. The van der Waals surface area contributed by atoms with Gasteiger partial charge in [-0.2, -0.15) is 0 Å². The summed E-state index contributed by atoms with van der Waals surface area (Å²) in [6.45, 7) is 6.73. The number of nitrogens with zero attached hydrogens (tertiary/aromatic N) is 3. The van der Waals surface area contributed by atoms with Crippen LogP contribution in [-0.2, 0) is 25.6 Å². The first-order valence-electron chi connectivity index (χ1n) is 11.7. The van der Waals surface area contributed by atoms with Crippen LogP contribution in [0.5, 0.6) is 0 Å². The van der Waals surface area contributed by atoms with Crippen molar-refractivity contribution in [3.8, 4) is 0 Å². The molecular formula is C27H30N4O4S. The van der Waals surface area contributed by atoms with E-state index in [0.717, 1.165) is 33.1 Å². The van der Waals surface area contributed by atoms with E-state index in [1.54, 1.807) is 19.5 Å². The van der Waals surface area contributed by atoms with Crippen LogP contribution in [-0.4, -0.2) is 47.3 Å². The van der Waals surface area contributed by atoms with Crippen molar-refractivity contribution in [2.45, 2.75) is 39.8 Å². The number of hydrogen-bond donors (Lipinski definition) is 1. The quantitative estimate of drug-likeness (QED) is 0.403. The van der Waals surface area contributed by atoms with Crippen LogP contribution in [0.2, 0.25) is 0 Å². The molecule has 1 aromatic heterocycles. The molecule has 0 saturated carbocycles. The third-order valence-electron chi connectivity index (χ3n) is 6.02. The number of methoxy groups -OCH3 is 1. The van der Waals surface area contributed by atoms with Crippen LogP contribution in [0, 0.1) is 13.8 Å². The number of ether oxygens (including phenoxy) is 2. The second-order valence-corrected chi connectivity index (χ2v) is 9.53. The molecule has 2 aliphatic rings. The summed E-state index contributed by atoms with van der Waals surface area (Å²) in [6, 6.07) is 9.48. The molecule has 188 valence electrons. The van der Waals surface area contributed by atoms with Gasteiger partial charge in [-0.1, -0.05) is 41.6 Å². The van der Waals surface area contributed by atoms with Gasteiger partial charge in [-0.15, -0.1) is 0 Å². The van der Waals surface area contributed by atoms with E-state index in [9.17, 15) is 9.59 Å². The van der Waals surface area contributed by atoms with Crippen LogP contribution in [0.15, 0.2) is 70.1 Å². The van der Waals surface area contributed by atoms with Crippen LogP contribution in [0.25, 0.3) is 0 Å². The average molecular weight is 507 g/mol. The molecule has 0 radical (unpaired) electrons. The molecule has 3 heterocycles. The van der Waals surface area contributed by atoms with Gasteiger partial charge in [0.2, 0.25) is 5.91 Å². The van der Waals surface area contributed by atoms with Gasteiger partial charge in [-0.3, -0.25) is 9.78 Å². The fourth-order valence-electron chi connectivity index (χ4n) is 4.21. The first-order valence-corrected chi connectivity index (χ1v) is 12.6. The standard InChI is InChI=1S/C27H30N4O4S/c1-17-7-8-18(2)22(12-17)25-24(26(33)35-11-10-34-4)19(3)30-27-31(25)21(16-36-27)13-23(32)29-15-20-6-5-9-28-14-20/h5-9,12,14,16,25H,10-11,13,15H2,1-4H3,(H,29,32)/t25-/m1/s1. The summed E-state index contributed by atoms with van der Waals surface area (Å²) in [4.78, 5) is 37.0. The summed E-state index contributed by atoms with van der Waals surface area (Å²) < 4.78 is 10.6. The molecule has 8 nitrogen and oxygen atoms in total. The molecule has 9 heteroatoms. The molecule has 0 spiro atoms. The van der Waals surface area contributed by atoms with Gasteiger partial charge in [0, 0.05) is 31.7 Å². The number of rotatable bonds is 9. The van der Waals surface area contributed by atoms with E-state index in [1.165, 1.54) is 11.8 Å². The van der Waals surface area contributed by atoms with Crippen molar-refractivity contribution in [3.05, 3.63) is 87.4 Å². The van der Waals surface area contributed by atoms with Gasteiger partial charge >= 0.3 is 5.97 Å². The predicted molar refractivity (Wildman–Crippen MR) is 140 cm³/mol. The minimum atomic E-state index is -0.459. The summed E-state index contributed by atoms with van der Waals surface area (Å²) in [5.74, 6) is -0.558. The van der Waals surface area contributed by atoms with Crippen LogP contribution >= 0.6 is 11.8 Å². The minimum Gasteiger partial charge on any atom is -0.460 e. The lowest BCUT2D eigenvalue weighted by atomic mass is 9.90. The Bertz CT molecular complexity index is 1240. The fourth-order valence-corrected chi connectivity index (χ4v) is 5.17. The number of fused-ring (bicyclic) bond motifs is 1. The third-order valence-corrected chi connectivity index (χ3v) is 6.91. The summed E-state index contributed by atoms with van der Waals surface area (Å²) in [6.07, 6.45) is 3.58. The normalized spacial score (nSPS) is 16.9. The minimum absolute atomic E-state index is 0.123. The van der Waals surface area contributed by atoms with Crippen molar-refractivity contribution >= 4 is 28.8 Å². The highest BCUT2D eigenvalue weighted by atomic mass is 32.2. The van der Waals surface area contributed by atoms with Crippen molar-refractivity contribution in [1.29, 1.82) is 0 Å². The highest BCUT2D eigenvalue weighted by Gasteiger charge is 2.41. The number of aliphatic imine (C=N–C) groups is 1. The largest absolute Gasteiger partial charge is 0.460 e. The maximum Gasteiger partial charge on any atom is 0.338 e. The highest BCUT2D eigenvalue weighted by molar-refractivity contribution is 8.16. The third kappa shape index (κ3) is 5.68. The fraction of sp³-hybridized carbons (Fsp3) is 0.333. The van der Waals surface area contributed by atoms with Gasteiger partial charge in [0.05, 0.1) is 30.3 Å². The summed E-state index contributed by atoms with van der Waals surface area (Å²) >= 11 is 1.46. The Balaban J connectivity index is 1.63. The Morgan fingerprint density at radius 1 is 1.17 bits per heavy atom. The molecule has 2 aromatic rings.